The summed E-state index contributed by atoms with van der Waals surface area (Å²) in [5.74, 6) is -0.0173. The van der Waals surface area contributed by atoms with Crippen molar-refractivity contribution in [2.75, 3.05) is 6.54 Å². The topological polar surface area (TPSA) is 75.4 Å². The van der Waals surface area contributed by atoms with Crippen molar-refractivity contribution < 1.29 is 14.7 Å². The quantitative estimate of drug-likeness (QED) is 0.635. The molecular formula is C25H27N3O3. The molecule has 0 aliphatic heterocycles. The van der Waals surface area contributed by atoms with E-state index in [0.29, 0.717) is 30.6 Å². The van der Waals surface area contributed by atoms with Crippen molar-refractivity contribution in [2.24, 2.45) is 0 Å². The number of benzene rings is 2. The SMILES string of the molecule is CCn1cc(C(O)CN(Cc2ccccc2)C(=O)c2ccc3c(c2)CCCC3=O)cn1. The number of rotatable bonds is 7. The van der Waals surface area contributed by atoms with Crippen LogP contribution in [0.2, 0.25) is 0 Å². The number of carbonyl (C=O) groups excluding carboxylic acids is 2. The van der Waals surface area contributed by atoms with Gasteiger partial charge >= 0.3 is 0 Å². The van der Waals surface area contributed by atoms with Crippen LogP contribution >= 0.6 is 0 Å². The number of carbonyl (C=O) groups is 2. The number of aliphatic hydroxyl groups is 1. The normalized spacial score (nSPS) is 14.2. The standard InChI is InChI=1S/C25H27N3O3/c1-2-28-16-21(14-26-28)24(30)17-27(15-18-7-4-3-5-8-18)25(31)20-11-12-22-19(13-20)9-6-10-23(22)29/h3-5,7-8,11-14,16,24,30H,2,6,9-10,15,17H2,1H3. The maximum Gasteiger partial charge on any atom is 0.254 e. The molecule has 31 heavy (non-hydrogen) atoms. The van der Waals surface area contributed by atoms with Gasteiger partial charge in [-0.1, -0.05) is 36.4 Å². The monoisotopic (exact) mass is 417 g/mol. The molecule has 1 atom stereocenters. The minimum atomic E-state index is -0.841. The Morgan fingerprint density at radius 2 is 2.00 bits per heavy atom. The maximum atomic E-state index is 13.5. The first-order chi connectivity index (χ1) is 15.0. The van der Waals surface area contributed by atoms with Crippen LogP contribution in [-0.4, -0.2) is 38.0 Å². The molecule has 4 rings (SSSR count). The number of nitrogens with zero attached hydrogens (tertiary/aromatic N) is 3. The largest absolute Gasteiger partial charge is 0.386 e. The fraction of sp³-hybridized carbons (Fsp3) is 0.320. The molecule has 6 nitrogen and oxygen atoms in total. The van der Waals surface area contributed by atoms with E-state index in [9.17, 15) is 14.7 Å². The van der Waals surface area contributed by atoms with E-state index < -0.39 is 6.10 Å². The maximum absolute atomic E-state index is 13.5. The Hall–Kier alpha value is -3.25. The molecule has 1 aliphatic carbocycles. The second-order valence-corrected chi connectivity index (χ2v) is 7.97. The van der Waals surface area contributed by atoms with Gasteiger partial charge in [0.25, 0.3) is 5.91 Å². The second kappa shape index (κ2) is 9.27. The number of amides is 1. The summed E-state index contributed by atoms with van der Waals surface area (Å²) < 4.78 is 1.75. The summed E-state index contributed by atoms with van der Waals surface area (Å²) in [4.78, 5) is 27.3. The summed E-state index contributed by atoms with van der Waals surface area (Å²) in [5, 5.41) is 15.0. The Balaban J connectivity index is 1.60. The zero-order valence-corrected chi connectivity index (χ0v) is 17.7. The van der Waals surface area contributed by atoms with Gasteiger partial charge in [0.15, 0.2) is 5.78 Å². The highest BCUT2D eigenvalue weighted by Crippen LogP contribution is 2.24. The molecule has 1 amide bonds. The van der Waals surface area contributed by atoms with Gasteiger partial charge in [0.2, 0.25) is 0 Å². The molecule has 3 aromatic rings. The van der Waals surface area contributed by atoms with Crippen molar-refractivity contribution in [1.82, 2.24) is 14.7 Å². The first-order valence-electron chi connectivity index (χ1n) is 10.7. The van der Waals surface area contributed by atoms with E-state index in [1.165, 1.54) is 0 Å². The molecule has 0 fully saturated rings. The van der Waals surface area contributed by atoms with Crippen LogP contribution in [0.1, 0.15) is 63.3 Å². The molecular weight excluding hydrogens is 390 g/mol. The molecule has 160 valence electrons. The van der Waals surface area contributed by atoms with Crippen LogP contribution in [0.4, 0.5) is 0 Å². The van der Waals surface area contributed by atoms with Crippen LogP contribution in [-0.2, 0) is 19.5 Å². The highest BCUT2D eigenvalue weighted by Gasteiger charge is 2.24. The molecule has 0 saturated carbocycles. The average molecular weight is 418 g/mol. The number of ketones is 1. The number of aryl methyl sites for hydroxylation is 2. The Labute approximate surface area is 182 Å². The Bertz CT molecular complexity index is 1070. The number of hydrogen-bond acceptors (Lipinski definition) is 4. The summed E-state index contributed by atoms with van der Waals surface area (Å²) in [6.07, 6.45) is 4.80. The van der Waals surface area contributed by atoms with Crippen molar-refractivity contribution in [3.63, 3.8) is 0 Å². The van der Waals surface area contributed by atoms with Gasteiger partial charge in [-0.05, 0) is 43.0 Å². The number of Topliss-reactive ketones (excluding diaryl/α,β-unsaturated/α-hetero) is 1. The Kier molecular flexibility index (Phi) is 6.28. The third-order valence-electron chi connectivity index (χ3n) is 5.76. The summed E-state index contributed by atoms with van der Waals surface area (Å²) in [5.41, 5.74) is 3.88. The molecule has 6 heteroatoms. The van der Waals surface area contributed by atoms with Crippen LogP contribution in [0.3, 0.4) is 0 Å². The summed E-state index contributed by atoms with van der Waals surface area (Å²) in [6, 6.07) is 15.1. The van der Waals surface area contributed by atoms with Crippen LogP contribution in [0.15, 0.2) is 60.9 Å². The smallest absolute Gasteiger partial charge is 0.254 e. The minimum Gasteiger partial charge on any atom is -0.386 e. The lowest BCUT2D eigenvalue weighted by Crippen LogP contribution is -2.34. The van der Waals surface area contributed by atoms with Crippen molar-refractivity contribution in [3.05, 3.63) is 88.7 Å². The highest BCUT2D eigenvalue weighted by atomic mass is 16.3. The van der Waals surface area contributed by atoms with Crippen molar-refractivity contribution in [2.45, 2.75) is 45.4 Å². The average Bonchev–Trinajstić information content (AvgIpc) is 3.28. The van der Waals surface area contributed by atoms with Crippen LogP contribution in [0.25, 0.3) is 0 Å². The van der Waals surface area contributed by atoms with Crippen LogP contribution in [0, 0.1) is 0 Å². The Morgan fingerprint density at radius 1 is 1.19 bits per heavy atom. The third kappa shape index (κ3) is 4.75. The van der Waals surface area contributed by atoms with E-state index in [4.69, 9.17) is 0 Å². The van der Waals surface area contributed by atoms with Crippen molar-refractivity contribution >= 4 is 11.7 Å². The molecule has 1 heterocycles. The molecule has 1 N–H and O–H groups in total. The molecule has 0 spiro atoms. The van der Waals surface area contributed by atoms with Gasteiger partial charge in [0, 0.05) is 42.4 Å². The predicted molar refractivity (Wildman–Crippen MR) is 118 cm³/mol. The molecule has 2 aromatic carbocycles. The van der Waals surface area contributed by atoms with E-state index >= 15 is 0 Å². The van der Waals surface area contributed by atoms with Gasteiger partial charge in [-0.3, -0.25) is 14.3 Å². The van der Waals surface area contributed by atoms with E-state index in [1.807, 2.05) is 43.3 Å². The van der Waals surface area contributed by atoms with Gasteiger partial charge in [-0.15, -0.1) is 0 Å². The van der Waals surface area contributed by atoms with Gasteiger partial charge in [-0.25, -0.2) is 0 Å². The molecule has 0 radical (unpaired) electrons. The lowest BCUT2D eigenvalue weighted by atomic mass is 9.89. The van der Waals surface area contributed by atoms with Crippen molar-refractivity contribution in [1.29, 1.82) is 0 Å². The molecule has 0 saturated heterocycles. The second-order valence-electron chi connectivity index (χ2n) is 7.97. The van der Waals surface area contributed by atoms with E-state index in [0.717, 1.165) is 29.5 Å². The first kappa shape index (κ1) is 21.0. The van der Waals surface area contributed by atoms with E-state index in [-0.39, 0.29) is 18.2 Å². The minimum absolute atomic E-state index is 0.143. The molecule has 1 aromatic heterocycles. The fourth-order valence-corrected chi connectivity index (χ4v) is 4.02. The van der Waals surface area contributed by atoms with Crippen LogP contribution < -0.4 is 0 Å². The third-order valence-corrected chi connectivity index (χ3v) is 5.76. The van der Waals surface area contributed by atoms with E-state index in [1.54, 1.807) is 34.1 Å². The predicted octanol–water partition coefficient (Wildman–Crippen LogP) is 3.80. The van der Waals surface area contributed by atoms with Crippen molar-refractivity contribution in [3.8, 4) is 0 Å². The van der Waals surface area contributed by atoms with Gasteiger partial charge in [0.1, 0.15) is 0 Å². The summed E-state index contributed by atoms with van der Waals surface area (Å²) in [6.45, 7) is 3.23. The van der Waals surface area contributed by atoms with E-state index in [2.05, 4.69) is 5.10 Å². The fourth-order valence-electron chi connectivity index (χ4n) is 4.02. The lowest BCUT2D eigenvalue weighted by Gasteiger charge is -2.26. The zero-order chi connectivity index (χ0) is 21.8. The van der Waals surface area contributed by atoms with Gasteiger partial charge in [-0.2, -0.15) is 5.10 Å². The number of aliphatic hydroxyl groups excluding tert-OH is 1. The van der Waals surface area contributed by atoms with Gasteiger partial charge in [0.05, 0.1) is 18.8 Å². The summed E-state index contributed by atoms with van der Waals surface area (Å²) in [7, 11) is 0. The Morgan fingerprint density at radius 3 is 2.74 bits per heavy atom. The zero-order valence-electron chi connectivity index (χ0n) is 17.7. The number of fused-ring (bicyclic) bond motifs is 1. The molecule has 0 bridgehead atoms. The van der Waals surface area contributed by atoms with Crippen LogP contribution in [0.5, 0.6) is 0 Å². The lowest BCUT2D eigenvalue weighted by molar-refractivity contribution is 0.0603. The summed E-state index contributed by atoms with van der Waals surface area (Å²) >= 11 is 0. The number of hydrogen-bond donors (Lipinski definition) is 1. The molecule has 1 aliphatic rings. The highest BCUT2D eigenvalue weighted by molar-refractivity contribution is 6.01. The van der Waals surface area contributed by atoms with Gasteiger partial charge < -0.3 is 10.0 Å². The molecule has 1 unspecified atom stereocenters. The first-order valence-corrected chi connectivity index (χ1v) is 10.7. The number of aromatic nitrogens is 2.